The molecule has 0 amide bonds. The number of rotatable bonds is 2. The maximum atomic E-state index is 11.5. The second kappa shape index (κ2) is 4.61. The van der Waals surface area contributed by atoms with E-state index in [-0.39, 0.29) is 5.92 Å². The predicted octanol–water partition coefficient (Wildman–Crippen LogP) is 2.47. The lowest BCUT2D eigenvalue weighted by Crippen LogP contribution is -2.07. The van der Waals surface area contributed by atoms with Gasteiger partial charge >= 0.3 is 5.97 Å². The Labute approximate surface area is 89.3 Å². The molecule has 1 aromatic rings. The molecule has 0 aliphatic heterocycles. The molecule has 0 aromatic heterocycles. The van der Waals surface area contributed by atoms with E-state index in [0.29, 0.717) is 11.1 Å². The third-order valence-electron chi connectivity index (χ3n) is 2.21. The number of methoxy groups -OCH3 is 1. The third-order valence-corrected chi connectivity index (χ3v) is 2.21. The van der Waals surface area contributed by atoms with Crippen LogP contribution in [0.25, 0.3) is 0 Å². The smallest absolute Gasteiger partial charge is 0.338 e. The van der Waals surface area contributed by atoms with E-state index in [1.165, 1.54) is 7.11 Å². The molecule has 1 rings (SSSR count). The van der Waals surface area contributed by atoms with Crippen LogP contribution in [0.15, 0.2) is 18.2 Å². The van der Waals surface area contributed by atoms with Crippen LogP contribution in [0.1, 0.15) is 41.3 Å². The summed E-state index contributed by atoms with van der Waals surface area (Å²) in [4.78, 5) is 11.5. The Morgan fingerprint density at radius 2 is 2.13 bits per heavy atom. The zero-order chi connectivity index (χ0) is 11.4. The molecule has 0 aliphatic rings. The predicted molar refractivity (Wildman–Crippen MR) is 56.6 cm³/mol. The fourth-order valence-corrected chi connectivity index (χ4v) is 1.42. The number of hydrogen-bond acceptors (Lipinski definition) is 3. The number of ether oxygens (including phenoxy) is 1. The van der Waals surface area contributed by atoms with Crippen LogP contribution in [-0.2, 0) is 4.74 Å². The zero-order valence-electron chi connectivity index (χ0n) is 9.07. The van der Waals surface area contributed by atoms with Crippen LogP contribution in [0.5, 0.6) is 0 Å². The fraction of sp³-hybridized carbons (Fsp3) is 0.333. The normalized spacial score (nSPS) is 9.80. The van der Waals surface area contributed by atoms with Gasteiger partial charge in [-0.25, -0.2) is 4.79 Å². The van der Waals surface area contributed by atoms with E-state index in [2.05, 4.69) is 4.74 Å². The van der Waals surface area contributed by atoms with Gasteiger partial charge in [-0.2, -0.15) is 5.26 Å². The van der Waals surface area contributed by atoms with Gasteiger partial charge in [-0.1, -0.05) is 19.9 Å². The van der Waals surface area contributed by atoms with Crippen LogP contribution in [0.4, 0.5) is 0 Å². The lowest BCUT2D eigenvalue weighted by Gasteiger charge is -2.10. The van der Waals surface area contributed by atoms with Gasteiger partial charge in [0.2, 0.25) is 0 Å². The monoisotopic (exact) mass is 203 g/mol. The maximum absolute atomic E-state index is 11.5. The largest absolute Gasteiger partial charge is 0.465 e. The molecular formula is C12H13NO2. The summed E-state index contributed by atoms with van der Waals surface area (Å²) < 4.78 is 4.68. The van der Waals surface area contributed by atoms with Gasteiger partial charge in [0, 0.05) is 0 Å². The van der Waals surface area contributed by atoms with E-state index in [0.717, 1.165) is 5.56 Å². The molecule has 0 aliphatic carbocycles. The Kier molecular flexibility index (Phi) is 3.46. The highest BCUT2D eigenvalue weighted by Gasteiger charge is 2.14. The van der Waals surface area contributed by atoms with Gasteiger partial charge in [0.05, 0.1) is 24.3 Å². The summed E-state index contributed by atoms with van der Waals surface area (Å²) in [5.41, 5.74) is 1.85. The summed E-state index contributed by atoms with van der Waals surface area (Å²) >= 11 is 0. The maximum Gasteiger partial charge on any atom is 0.338 e. The van der Waals surface area contributed by atoms with Gasteiger partial charge in [0.25, 0.3) is 0 Å². The van der Waals surface area contributed by atoms with E-state index < -0.39 is 5.97 Å². The van der Waals surface area contributed by atoms with Gasteiger partial charge in [-0.15, -0.1) is 0 Å². The lowest BCUT2D eigenvalue weighted by molar-refractivity contribution is 0.0599. The number of carbonyl (C=O) groups excluding carboxylic acids is 1. The first-order valence-electron chi connectivity index (χ1n) is 4.72. The summed E-state index contributed by atoms with van der Waals surface area (Å²) in [7, 11) is 1.34. The van der Waals surface area contributed by atoms with Crippen molar-refractivity contribution in [3.8, 4) is 6.07 Å². The number of hydrogen-bond donors (Lipinski definition) is 0. The molecule has 0 unspecified atom stereocenters. The van der Waals surface area contributed by atoms with E-state index in [1.807, 2.05) is 19.9 Å². The van der Waals surface area contributed by atoms with Crippen LogP contribution in [0.3, 0.4) is 0 Å². The molecule has 15 heavy (non-hydrogen) atoms. The molecule has 0 radical (unpaired) electrons. The van der Waals surface area contributed by atoms with Crippen molar-refractivity contribution in [1.29, 1.82) is 5.26 Å². The van der Waals surface area contributed by atoms with Crippen LogP contribution in [0, 0.1) is 11.3 Å². The van der Waals surface area contributed by atoms with E-state index in [9.17, 15) is 4.79 Å². The number of carbonyl (C=O) groups is 1. The second-order valence-electron chi connectivity index (χ2n) is 3.56. The molecule has 0 saturated carbocycles. The summed E-state index contributed by atoms with van der Waals surface area (Å²) in [5, 5.41) is 8.74. The van der Waals surface area contributed by atoms with Gasteiger partial charge in [-0.05, 0) is 23.6 Å². The van der Waals surface area contributed by atoms with Crippen molar-refractivity contribution < 1.29 is 9.53 Å². The molecule has 1 aromatic carbocycles. The van der Waals surface area contributed by atoms with Crippen molar-refractivity contribution in [2.24, 2.45) is 0 Å². The number of esters is 1. The van der Waals surface area contributed by atoms with Crippen LogP contribution < -0.4 is 0 Å². The Morgan fingerprint density at radius 1 is 1.47 bits per heavy atom. The fourth-order valence-electron chi connectivity index (χ4n) is 1.42. The standard InChI is InChI=1S/C12H13NO2/c1-8(2)10-5-4-9(7-13)6-11(10)12(14)15-3/h4-6,8H,1-3H3. The molecular weight excluding hydrogens is 190 g/mol. The van der Waals surface area contributed by atoms with Crippen molar-refractivity contribution in [2.75, 3.05) is 7.11 Å². The summed E-state index contributed by atoms with van der Waals surface area (Å²) in [6.45, 7) is 3.99. The molecule has 0 atom stereocenters. The third kappa shape index (κ3) is 2.35. The Bertz CT molecular complexity index is 416. The highest BCUT2D eigenvalue weighted by Crippen LogP contribution is 2.21. The average molecular weight is 203 g/mol. The van der Waals surface area contributed by atoms with Crippen molar-refractivity contribution in [1.82, 2.24) is 0 Å². The second-order valence-corrected chi connectivity index (χ2v) is 3.56. The number of benzene rings is 1. The minimum absolute atomic E-state index is 0.229. The van der Waals surface area contributed by atoms with Crippen LogP contribution >= 0.6 is 0 Å². The van der Waals surface area contributed by atoms with E-state index in [1.54, 1.807) is 18.2 Å². The molecule has 78 valence electrons. The topological polar surface area (TPSA) is 50.1 Å². The number of nitrogens with zero attached hydrogens (tertiary/aromatic N) is 1. The van der Waals surface area contributed by atoms with Crippen LogP contribution in [-0.4, -0.2) is 13.1 Å². The molecule has 0 spiro atoms. The minimum Gasteiger partial charge on any atom is -0.465 e. The Balaban J connectivity index is 3.30. The first-order chi connectivity index (χ1) is 7.10. The van der Waals surface area contributed by atoms with E-state index in [4.69, 9.17) is 5.26 Å². The highest BCUT2D eigenvalue weighted by atomic mass is 16.5. The Hall–Kier alpha value is -1.82. The van der Waals surface area contributed by atoms with Crippen molar-refractivity contribution in [2.45, 2.75) is 19.8 Å². The van der Waals surface area contributed by atoms with Gasteiger partial charge in [-0.3, -0.25) is 0 Å². The van der Waals surface area contributed by atoms with Gasteiger partial charge in [0.15, 0.2) is 0 Å². The van der Waals surface area contributed by atoms with Gasteiger partial charge < -0.3 is 4.74 Å². The summed E-state index contributed by atoms with van der Waals surface area (Å²) in [6, 6.07) is 7.09. The molecule has 3 heteroatoms. The summed E-state index contributed by atoms with van der Waals surface area (Å²) in [6.07, 6.45) is 0. The molecule has 0 saturated heterocycles. The van der Waals surface area contributed by atoms with Crippen molar-refractivity contribution in [3.05, 3.63) is 34.9 Å². The molecule has 0 bridgehead atoms. The zero-order valence-corrected chi connectivity index (χ0v) is 9.07. The first kappa shape index (κ1) is 11.3. The van der Waals surface area contributed by atoms with E-state index >= 15 is 0 Å². The number of nitriles is 1. The molecule has 3 nitrogen and oxygen atoms in total. The Morgan fingerprint density at radius 3 is 2.60 bits per heavy atom. The average Bonchev–Trinajstić information content (AvgIpc) is 2.26. The molecule has 0 fully saturated rings. The van der Waals surface area contributed by atoms with Crippen LogP contribution in [0.2, 0.25) is 0 Å². The summed E-state index contributed by atoms with van der Waals surface area (Å²) in [5.74, 6) is -0.164. The SMILES string of the molecule is COC(=O)c1cc(C#N)ccc1C(C)C. The minimum atomic E-state index is -0.393. The quantitative estimate of drug-likeness (QED) is 0.694. The van der Waals surface area contributed by atoms with Crippen molar-refractivity contribution in [3.63, 3.8) is 0 Å². The molecule has 0 heterocycles. The first-order valence-corrected chi connectivity index (χ1v) is 4.72. The van der Waals surface area contributed by atoms with Crippen molar-refractivity contribution >= 4 is 5.97 Å². The highest BCUT2D eigenvalue weighted by molar-refractivity contribution is 5.91. The van der Waals surface area contributed by atoms with Gasteiger partial charge in [0.1, 0.15) is 0 Å². The lowest BCUT2D eigenvalue weighted by atomic mass is 9.95. The molecule has 0 N–H and O–H groups in total.